The largest absolute Gasteiger partial charge is 0.332 e. The highest BCUT2D eigenvalue weighted by Crippen LogP contribution is 2.33. The van der Waals surface area contributed by atoms with Crippen LogP contribution < -0.4 is 0 Å². The molecule has 21 heavy (non-hydrogen) atoms. The fourth-order valence-electron chi connectivity index (χ4n) is 2.85. The van der Waals surface area contributed by atoms with Crippen LogP contribution in [0.5, 0.6) is 0 Å². The van der Waals surface area contributed by atoms with Crippen LogP contribution in [-0.2, 0) is 9.84 Å². The van der Waals surface area contributed by atoms with Crippen molar-refractivity contribution in [1.29, 1.82) is 5.26 Å². The smallest absolute Gasteiger partial charge is 0.254 e. The molecule has 0 bridgehead atoms. The Morgan fingerprint density at radius 1 is 1.24 bits per heavy atom. The predicted molar refractivity (Wildman–Crippen MR) is 77.4 cm³/mol. The molecule has 1 saturated heterocycles. The van der Waals surface area contributed by atoms with Crippen molar-refractivity contribution in [3.8, 4) is 6.07 Å². The van der Waals surface area contributed by atoms with Crippen molar-refractivity contribution in [3.63, 3.8) is 0 Å². The number of amides is 1. The molecule has 1 amide bonds. The zero-order valence-electron chi connectivity index (χ0n) is 11.5. The van der Waals surface area contributed by atoms with E-state index in [0.717, 1.165) is 12.8 Å². The third-order valence-corrected chi connectivity index (χ3v) is 5.77. The maximum atomic E-state index is 12.7. The van der Waals surface area contributed by atoms with Crippen LogP contribution in [0.15, 0.2) is 24.3 Å². The Balaban J connectivity index is 1.87. The number of hydrogen-bond donors (Lipinski definition) is 0. The summed E-state index contributed by atoms with van der Waals surface area (Å²) in [5.74, 6) is 0.0660. The summed E-state index contributed by atoms with van der Waals surface area (Å²) in [5, 5.41) is 8.93. The lowest BCUT2D eigenvalue weighted by molar-refractivity contribution is 0.0681. The van der Waals surface area contributed by atoms with Gasteiger partial charge in [-0.1, -0.05) is 6.07 Å². The minimum Gasteiger partial charge on any atom is -0.332 e. The number of hydrogen-bond acceptors (Lipinski definition) is 4. The molecule has 0 radical (unpaired) electrons. The Morgan fingerprint density at radius 2 is 2.00 bits per heavy atom. The van der Waals surface area contributed by atoms with Crippen LogP contribution in [0, 0.1) is 11.3 Å². The normalized spacial score (nSPS) is 23.5. The molecule has 3 rings (SSSR count). The molecule has 1 aromatic rings. The summed E-state index contributed by atoms with van der Waals surface area (Å²) in [6.07, 6.45) is 2.38. The van der Waals surface area contributed by atoms with Gasteiger partial charge in [0.15, 0.2) is 9.84 Å². The van der Waals surface area contributed by atoms with Gasteiger partial charge in [0.2, 0.25) is 0 Å². The molecule has 1 aliphatic carbocycles. The number of nitriles is 1. The van der Waals surface area contributed by atoms with Crippen molar-refractivity contribution in [2.24, 2.45) is 0 Å². The average molecular weight is 304 g/mol. The summed E-state index contributed by atoms with van der Waals surface area (Å²) in [5.41, 5.74) is 0.904. The third-order valence-electron chi connectivity index (χ3n) is 4.02. The van der Waals surface area contributed by atoms with Crippen molar-refractivity contribution in [2.75, 3.05) is 11.5 Å². The molecule has 1 unspecified atom stereocenters. The van der Waals surface area contributed by atoms with Gasteiger partial charge in [-0.2, -0.15) is 5.26 Å². The van der Waals surface area contributed by atoms with Crippen molar-refractivity contribution >= 4 is 15.7 Å². The minimum atomic E-state index is -3.02. The lowest BCUT2D eigenvalue weighted by Gasteiger charge is -2.28. The highest BCUT2D eigenvalue weighted by Gasteiger charge is 2.42. The van der Waals surface area contributed by atoms with Gasteiger partial charge in [-0.15, -0.1) is 0 Å². The van der Waals surface area contributed by atoms with Crippen molar-refractivity contribution < 1.29 is 13.2 Å². The van der Waals surface area contributed by atoms with Crippen LogP contribution >= 0.6 is 0 Å². The van der Waals surface area contributed by atoms with E-state index >= 15 is 0 Å². The number of benzene rings is 1. The quantitative estimate of drug-likeness (QED) is 0.844. The van der Waals surface area contributed by atoms with Crippen LogP contribution in [0.1, 0.15) is 35.2 Å². The second-order valence-corrected chi connectivity index (χ2v) is 7.92. The maximum Gasteiger partial charge on any atom is 0.254 e. The van der Waals surface area contributed by atoms with Crippen molar-refractivity contribution in [2.45, 2.75) is 31.3 Å². The Kier molecular flexibility index (Phi) is 3.46. The molecule has 110 valence electrons. The van der Waals surface area contributed by atoms with Gasteiger partial charge in [0.25, 0.3) is 5.91 Å². The topological polar surface area (TPSA) is 78.2 Å². The monoisotopic (exact) mass is 304 g/mol. The molecule has 1 heterocycles. The fraction of sp³-hybridized carbons (Fsp3) is 0.467. The maximum absolute atomic E-state index is 12.7. The van der Waals surface area contributed by atoms with E-state index in [4.69, 9.17) is 5.26 Å². The van der Waals surface area contributed by atoms with E-state index in [-0.39, 0.29) is 29.5 Å². The van der Waals surface area contributed by atoms with E-state index < -0.39 is 9.84 Å². The van der Waals surface area contributed by atoms with Gasteiger partial charge in [-0.3, -0.25) is 4.79 Å². The minimum absolute atomic E-state index is 0.0627. The average Bonchev–Trinajstić information content (AvgIpc) is 3.23. The van der Waals surface area contributed by atoms with E-state index in [1.165, 1.54) is 0 Å². The molecular weight excluding hydrogens is 288 g/mol. The first-order valence-corrected chi connectivity index (χ1v) is 8.85. The molecule has 1 aliphatic heterocycles. The van der Waals surface area contributed by atoms with Crippen LogP contribution in [0.4, 0.5) is 0 Å². The second-order valence-electron chi connectivity index (χ2n) is 5.69. The summed E-state index contributed by atoms with van der Waals surface area (Å²) >= 11 is 0. The number of carbonyl (C=O) groups excluding carboxylic acids is 1. The lowest BCUT2D eigenvalue weighted by atomic mass is 10.1. The van der Waals surface area contributed by atoms with Gasteiger partial charge in [-0.05, 0) is 37.5 Å². The lowest BCUT2D eigenvalue weighted by Crippen LogP contribution is -2.42. The first-order chi connectivity index (χ1) is 10.00. The van der Waals surface area contributed by atoms with E-state index in [9.17, 15) is 13.2 Å². The Labute approximate surface area is 124 Å². The Morgan fingerprint density at radius 3 is 2.57 bits per heavy atom. The summed E-state index contributed by atoms with van der Waals surface area (Å²) in [6.45, 7) is 0. The third kappa shape index (κ3) is 2.93. The van der Waals surface area contributed by atoms with Gasteiger partial charge < -0.3 is 4.90 Å². The molecule has 0 N–H and O–H groups in total. The highest BCUT2D eigenvalue weighted by molar-refractivity contribution is 7.91. The van der Waals surface area contributed by atoms with Crippen molar-refractivity contribution in [3.05, 3.63) is 35.4 Å². The van der Waals surface area contributed by atoms with Crippen LogP contribution in [0.3, 0.4) is 0 Å². The van der Waals surface area contributed by atoms with Crippen LogP contribution in [0.2, 0.25) is 0 Å². The molecule has 2 fully saturated rings. The van der Waals surface area contributed by atoms with Gasteiger partial charge in [0, 0.05) is 17.6 Å². The summed E-state index contributed by atoms with van der Waals surface area (Å²) in [7, 11) is -3.02. The van der Waals surface area contributed by atoms with E-state index in [1.54, 1.807) is 29.2 Å². The highest BCUT2D eigenvalue weighted by atomic mass is 32.2. The first-order valence-electron chi connectivity index (χ1n) is 7.03. The molecule has 1 aromatic carbocycles. The molecule has 1 saturated carbocycles. The second kappa shape index (κ2) is 5.15. The summed E-state index contributed by atoms with van der Waals surface area (Å²) in [4.78, 5) is 14.5. The van der Waals surface area contributed by atoms with Crippen molar-refractivity contribution in [1.82, 2.24) is 4.90 Å². The van der Waals surface area contributed by atoms with E-state index in [1.807, 2.05) is 6.07 Å². The van der Waals surface area contributed by atoms with E-state index in [2.05, 4.69) is 0 Å². The molecule has 2 aliphatic rings. The van der Waals surface area contributed by atoms with E-state index in [0.29, 0.717) is 17.5 Å². The molecule has 0 spiro atoms. The van der Waals surface area contributed by atoms with Gasteiger partial charge >= 0.3 is 0 Å². The Hall–Kier alpha value is -1.87. The standard InChI is InChI=1S/C15H16N2O3S/c16-9-11-2-1-3-12(8-11)15(18)17(13-4-5-13)14-6-7-21(19,20)10-14/h1-3,8,13-14H,4-7,10H2. The molecule has 1 atom stereocenters. The Bertz CT molecular complexity index is 717. The number of rotatable bonds is 3. The van der Waals surface area contributed by atoms with Crippen LogP contribution in [0.25, 0.3) is 0 Å². The summed E-state index contributed by atoms with van der Waals surface area (Å²) in [6, 6.07) is 8.54. The number of carbonyl (C=O) groups is 1. The van der Waals surface area contributed by atoms with Gasteiger partial charge in [-0.25, -0.2) is 8.42 Å². The van der Waals surface area contributed by atoms with Crippen LogP contribution in [-0.4, -0.2) is 42.8 Å². The molecular formula is C15H16N2O3S. The molecule has 0 aromatic heterocycles. The fourth-order valence-corrected chi connectivity index (χ4v) is 4.56. The zero-order chi connectivity index (χ0) is 15.0. The molecule has 6 heteroatoms. The number of nitrogens with zero attached hydrogens (tertiary/aromatic N) is 2. The predicted octanol–water partition coefficient (Wildman–Crippen LogP) is 1.35. The summed E-state index contributed by atoms with van der Waals surface area (Å²) < 4.78 is 23.3. The first kappa shape index (κ1) is 14.1. The number of sulfone groups is 1. The SMILES string of the molecule is N#Cc1cccc(C(=O)N(C2CC2)C2CCS(=O)(=O)C2)c1. The molecule has 5 nitrogen and oxygen atoms in total. The zero-order valence-corrected chi connectivity index (χ0v) is 12.3. The van der Waals surface area contributed by atoms with Gasteiger partial charge in [0.05, 0.1) is 23.1 Å². The van der Waals surface area contributed by atoms with Gasteiger partial charge in [0.1, 0.15) is 0 Å².